The third-order valence-electron chi connectivity index (χ3n) is 3.79. The molecule has 11 heteroatoms. The van der Waals surface area contributed by atoms with Gasteiger partial charge in [0.1, 0.15) is 18.0 Å². The Morgan fingerprint density at radius 1 is 1.07 bits per heavy atom. The molecule has 28 heavy (non-hydrogen) atoms. The normalized spacial score (nSPS) is 10.8. The number of ether oxygens (including phenoxy) is 3. The van der Waals surface area contributed by atoms with E-state index in [9.17, 15) is 23.3 Å². The molecule has 0 saturated carbocycles. The fraction of sp³-hybridized carbons (Fsp3) is 0.235. The zero-order chi connectivity index (χ0) is 20.9. The van der Waals surface area contributed by atoms with Crippen LogP contribution in [0, 0.1) is 10.1 Å². The Morgan fingerprint density at radius 3 is 2.21 bits per heavy atom. The van der Waals surface area contributed by atoms with E-state index in [2.05, 4.69) is 4.74 Å². The van der Waals surface area contributed by atoms with Crippen molar-refractivity contribution in [3.05, 3.63) is 52.6 Å². The van der Waals surface area contributed by atoms with Gasteiger partial charge in [0.15, 0.2) is 0 Å². The molecule has 0 amide bonds. The number of hydrogen-bond acceptors (Lipinski definition) is 8. The van der Waals surface area contributed by atoms with Gasteiger partial charge in [-0.2, -0.15) is 0 Å². The highest BCUT2D eigenvalue weighted by atomic mass is 32.2. The molecule has 0 fully saturated rings. The summed E-state index contributed by atoms with van der Waals surface area (Å²) >= 11 is 0. The molecule has 0 saturated heterocycles. The first-order chi connectivity index (χ1) is 13.2. The van der Waals surface area contributed by atoms with Crippen LogP contribution in [-0.2, 0) is 19.6 Å². The maximum absolute atomic E-state index is 13.2. The number of carbonyl (C=O) groups is 1. The van der Waals surface area contributed by atoms with E-state index in [1.54, 1.807) is 6.07 Å². The van der Waals surface area contributed by atoms with Crippen LogP contribution in [-0.4, -0.2) is 47.2 Å². The highest BCUT2D eigenvalue weighted by Crippen LogP contribution is 2.35. The van der Waals surface area contributed by atoms with E-state index in [1.165, 1.54) is 26.4 Å². The van der Waals surface area contributed by atoms with E-state index in [-0.39, 0.29) is 22.0 Å². The van der Waals surface area contributed by atoms with Gasteiger partial charge in [-0.3, -0.25) is 19.2 Å². The summed E-state index contributed by atoms with van der Waals surface area (Å²) in [6, 6.07) is 8.75. The molecule has 0 spiro atoms. The van der Waals surface area contributed by atoms with Crippen molar-refractivity contribution in [1.29, 1.82) is 0 Å². The van der Waals surface area contributed by atoms with Crippen LogP contribution in [0.3, 0.4) is 0 Å². The molecule has 0 radical (unpaired) electrons. The largest absolute Gasteiger partial charge is 0.497 e. The quantitative estimate of drug-likeness (QED) is 0.367. The molecule has 2 aromatic carbocycles. The zero-order valence-corrected chi connectivity index (χ0v) is 16.1. The van der Waals surface area contributed by atoms with Gasteiger partial charge in [-0.25, -0.2) is 8.42 Å². The van der Waals surface area contributed by atoms with E-state index in [1.807, 2.05) is 0 Å². The number of benzene rings is 2. The highest BCUT2D eigenvalue weighted by Gasteiger charge is 2.30. The van der Waals surface area contributed by atoms with Crippen molar-refractivity contribution >= 4 is 27.4 Å². The van der Waals surface area contributed by atoms with Crippen LogP contribution in [0.25, 0.3) is 0 Å². The number of nitro benzene ring substituents is 1. The highest BCUT2D eigenvalue weighted by molar-refractivity contribution is 7.92. The van der Waals surface area contributed by atoms with Gasteiger partial charge in [-0.05, 0) is 24.3 Å². The monoisotopic (exact) mass is 410 g/mol. The standard InChI is InChI=1S/C17H18N2O8S/c1-25-13-6-9-16(26-2)15(10-13)18(11-17(20)27-3)28(23,24)14-7-4-12(5-8-14)19(21)22/h4-10H,11H2,1-3H3. The Bertz CT molecular complexity index is 973. The minimum atomic E-state index is -4.28. The summed E-state index contributed by atoms with van der Waals surface area (Å²) in [6.45, 7) is -0.640. The van der Waals surface area contributed by atoms with Gasteiger partial charge in [-0.15, -0.1) is 0 Å². The summed E-state index contributed by atoms with van der Waals surface area (Å²) in [5, 5.41) is 10.8. The Morgan fingerprint density at radius 2 is 1.71 bits per heavy atom. The summed E-state index contributed by atoms with van der Waals surface area (Å²) < 4.78 is 42.1. The van der Waals surface area contributed by atoms with Gasteiger partial charge in [0.25, 0.3) is 15.7 Å². The summed E-state index contributed by atoms with van der Waals surface area (Å²) in [7, 11) is -0.407. The molecule has 10 nitrogen and oxygen atoms in total. The number of nitro groups is 1. The number of anilines is 1. The molecular formula is C17H18N2O8S. The van der Waals surface area contributed by atoms with Crippen molar-refractivity contribution in [2.24, 2.45) is 0 Å². The third-order valence-corrected chi connectivity index (χ3v) is 5.56. The van der Waals surface area contributed by atoms with Crippen LogP contribution in [0.1, 0.15) is 0 Å². The Balaban J connectivity index is 2.62. The van der Waals surface area contributed by atoms with E-state index in [0.29, 0.717) is 5.75 Å². The van der Waals surface area contributed by atoms with Crippen LogP contribution in [0.2, 0.25) is 0 Å². The van der Waals surface area contributed by atoms with Gasteiger partial charge in [-0.1, -0.05) is 0 Å². The van der Waals surface area contributed by atoms with Crippen molar-refractivity contribution in [3.8, 4) is 11.5 Å². The van der Waals surface area contributed by atoms with Crippen molar-refractivity contribution in [1.82, 2.24) is 0 Å². The summed E-state index contributed by atoms with van der Waals surface area (Å²) in [4.78, 5) is 21.8. The fourth-order valence-electron chi connectivity index (χ4n) is 2.34. The number of nitrogens with zero attached hydrogens (tertiary/aromatic N) is 2. The number of carbonyl (C=O) groups excluding carboxylic acids is 1. The first-order valence-corrected chi connectivity index (χ1v) is 9.24. The number of hydrogen-bond donors (Lipinski definition) is 0. The van der Waals surface area contributed by atoms with Gasteiger partial charge in [0.05, 0.1) is 36.8 Å². The van der Waals surface area contributed by atoms with Gasteiger partial charge >= 0.3 is 5.97 Å². The predicted molar refractivity (Wildman–Crippen MR) is 99.2 cm³/mol. The van der Waals surface area contributed by atoms with Crippen LogP contribution in [0.15, 0.2) is 47.4 Å². The second-order valence-corrected chi connectivity index (χ2v) is 7.24. The Kier molecular flexibility index (Phi) is 6.41. The molecule has 0 aliphatic heterocycles. The second-order valence-electron chi connectivity index (χ2n) is 5.38. The van der Waals surface area contributed by atoms with Crippen molar-refractivity contribution in [2.75, 3.05) is 32.2 Å². The molecule has 0 atom stereocenters. The molecule has 0 aliphatic rings. The van der Waals surface area contributed by atoms with Crippen LogP contribution in [0.5, 0.6) is 11.5 Å². The lowest BCUT2D eigenvalue weighted by atomic mass is 10.2. The third kappa shape index (κ3) is 4.31. The zero-order valence-electron chi connectivity index (χ0n) is 15.3. The van der Waals surface area contributed by atoms with E-state index in [4.69, 9.17) is 9.47 Å². The molecule has 150 valence electrons. The molecule has 0 N–H and O–H groups in total. The van der Waals surface area contributed by atoms with Crippen LogP contribution < -0.4 is 13.8 Å². The summed E-state index contributed by atoms with van der Waals surface area (Å²) in [5.41, 5.74) is -0.219. The first-order valence-electron chi connectivity index (χ1n) is 7.80. The van der Waals surface area contributed by atoms with E-state index in [0.717, 1.165) is 35.7 Å². The minimum absolute atomic E-state index is 0.0469. The topological polar surface area (TPSA) is 125 Å². The lowest BCUT2D eigenvalue weighted by Crippen LogP contribution is -2.36. The SMILES string of the molecule is COC(=O)CN(c1cc(OC)ccc1OC)S(=O)(=O)c1ccc([N+](=O)[O-])cc1. The number of esters is 1. The molecule has 0 heterocycles. The van der Waals surface area contributed by atoms with Crippen molar-refractivity contribution < 1.29 is 32.3 Å². The maximum Gasteiger partial charge on any atom is 0.326 e. The second kappa shape index (κ2) is 8.57. The minimum Gasteiger partial charge on any atom is -0.497 e. The first kappa shape index (κ1) is 21.0. The average molecular weight is 410 g/mol. The van der Waals surface area contributed by atoms with Crippen LogP contribution >= 0.6 is 0 Å². The van der Waals surface area contributed by atoms with Gasteiger partial charge in [0, 0.05) is 18.2 Å². The van der Waals surface area contributed by atoms with Gasteiger partial charge < -0.3 is 14.2 Å². The molecule has 2 aromatic rings. The fourth-order valence-corrected chi connectivity index (χ4v) is 3.75. The summed E-state index contributed by atoms with van der Waals surface area (Å²) in [6.07, 6.45) is 0. The Labute approximate surface area is 161 Å². The van der Waals surface area contributed by atoms with Gasteiger partial charge in [0.2, 0.25) is 0 Å². The molecular weight excluding hydrogens is 392 g/mol. The lowest BCUT2D eigenvalue weighted by molar-refractivity contribution is -0.384. The maximum atomic E-state index is 13.2. The predicted octanol–water partition coefficient (Wildman–Crippen LogP) is 1.98. The molecule has 0 aromatic heterocycles. The van der Waals surface area contributed by atoms with E-state index < -0.39 is 27.5 Å². The molecule has 0 bridgehead atoms. The summed E-state index contributed by atoms with van der Waals surface area (Å²) in [5.74, 6) is -0.296. The van der Waals surface area contributed by atoms with E-state index >= 15 is 0 Å². The smallest absolute Gasteiger partial charge is 0.326 e. The number of non-ortho nitro benzene ring substituents is 1. The molecule has 2 rings (SSSR count). The van der Waals surface area contributed by atoms with Crippen LogP contribution in [0.4, 0.5) is 11.4 Å². The average Bonchev–Trinajstić information content (AvgIpc) is 2.71. The van der Waals surface area contributed by atoms with Crippen molar-refractivity contribution in [2.45, 2.75) is 4.90 Å². The van der Waals surface area contributed by atoms with Crippen molar-refractivity contribution in [3.63, 3.8) is 0 Å². The number of sulfonamides is 1. The molecule has 0 unspecified atom stereocenters. The Hall–Kier alpha value is -3.34. The lowest BCUT2D eigenvalue weighted by Gasteiger charge is -2.25. The number of rotatable bonds is 8. The number of methoxy groups -OCH3 is 3. The molecule has 0 aliphatic carbocycles.